The van der Waals surface area contributed by atoms with E-state index in [1.807, 2.05) is 61.8 Å². The van der Waals surface area contributed by atoms with Crippen molar-refractivity contribution in [2.45, 2.75) is 4.90 Å². The molecule has 3 heteroatoms. The van der Waals surface area contributed by atoms with E-state index in [0.29, 0.717) is 5.56 Å². The highest BCUT2D eigenvalue weighted by Crippen LogP contribution is 2.18. The first-order valence-electron chi connectivity index (χ1n) is 5.71. The topological polar surface area (TPSA) is 29.1 Å². The number of anilines is 1. The molecule has 0 aliphatic rings. The Morgan fingerprint density at radius 2 is 1.44 bits per heavy atom. The molecule has 2 aromatic rings. The van der Waals surface area contributed by atoms with Crippen molar-refractivity contribution in [3.63, 3.8) is 0 Å². The second-order valence-corrected chi connectivity index (χ2v) is 4.76. The molecular weight excluding hydrogens is 242 g/mol. The molecule has 0 spiro atoms. The van der Waals surface area contributed by atoms with Crippen LogP contribution in [0.5, 0.6) is 0 Å². The Labute approximate surface area is 111 Å². The predicted octanol–water partition coefficient (Wildman–Crippen LogP) is 3.68. The van der Waals surface area contributed by atoms with Gasteiger partial charge in [0.05, 0.1) is 0 Å². The van der Waals surface area contributed by atoms with Gasteiger partial charge in [0.25, 0.3) is 0 Å². The number of carbonyl (C=O) groups excluding carboxylic acids is 1. The summed E-state index contributed by atoms with van der Waals surface area (Å²) in [4.78, 5) is 13.4. The Morgan fingerprint density at radius 3 is 1.89 bits per heavy atom. The van der Waals surface area contributed by atoms with E-state index < -0.39 is 0 Å². The first-order chi connectivity index (χ1) is 8.74. The van der Waals surface area contributed by atoms with Crippen LogP contribution in [0, 0.1) is 0 Å². The fourth-order valence-corrected chi connectivity index (χ4v) is 2.11. The van der Waals surface area contributed by atoms with Crippen LogP contribution in [0.2, 0.25) is 0 Å². The fourth-order valence-electron chi connectivity index (χ4n) is 1.70. The third-order valence-electron chi connectivity index (χ3n) is 2.79. The van der Waals surface area contributed by atoms with E-state index >= 15 is 0 Å². The maximum atomic E-state index is 12.2. The van der Waals surface area contributed by atoms with Crippen LogP contribution in [-0.2, 0) is 0 Å². The summed E-state index contributed by atoms with van der Waals surface area (Å²) in [5.74, 6) is 0.0605. The van der Waals surface area contributed by atoms with E-state index in [4.69, 9.17) is 0 Å². The number of nitrogens with one attached hydrogen (secondary N) is 1. The highest BCUT2D eigenvalue weighted by molar-refractivity contribution is 7.98. The van der Waals surface area contributed by atoms with Crippen molar-refractivity contribution in [1.82, 2.24) is 0 Å². The maximum Gasteiger partial charge on any atom is 0.193 e. The molecule has 0 aromatic heterocycles. The molecule has 0 unspecified atom stereocenters. The second kappa shape index (κ2) is 5.74. The minimum atomic E-state index is 0.0605. The summed E-state index contributed by atoms with van der Waals surface area (Å²) >= 11 is 1.67. The number of carbonyl (C=O) groups is 1. The lowest BCUT2D eigenvalue weighted by atomic mass is 10.0. The minimum absolute atomic E-state index is 0.0605. The SMILES string of the molecule is CNc1ccc(C(=O)c2ccc(SC)cc2)cc1. The molecular formula is C15H15NOS. The van der Waals surface area contributed by atoms with E-state index in [9.17, 15) is 4.79 Å². The summed E-state index contributed by atoms with van der Waals surface area (Å²) in [6, 6.07) is 15.2. The number of hydrogen-bond donors (Lipinski definition) is 1. The predicted molar refractivity (Wildman–Crippen MR) is 77.6 cm³/mol. The molecule has 0 amide bonds. The van der Waals surface area contributed by atoms with E-state index in [0.717, 1.165) is 16.1 Å². The van der Waals surface area contributed by atoms with Gasteiger partial charge in [-0.2, -0.15) is 0 Å². The standard InChI is InChI=1S/C15H15NOS/c1-16-13-7-3-11(4-8-13)15(17)12-5-9-14(18-2)10-6-12/h3-10,16H,1-2H3. The van der Waals surface area contributed by atoms with Gasteiger partial charge in [0.1, 0.15) is 0 Å². The van der Waals surface area contributed by atoms with Crippen molar-refractivity contribution >= 4 is 23.2 Å². The molecule has 2 nitrogen and oxygen atoms in total. The number of rotatable bonds is 4. The van der Waals surface area contributed by atoms with Gasteiger partial charge in [-0.05, 0) is 54.8 Å². The number of ketones is 1. The molecule has 0 fully saturated rings. The average Bonchev–Trinajstić information content (AvgIpc) is 2.47. The summed E-state index contributed by atoms with van der Waals surface area (Å²) in [5.41, 5.74) is 2.44. The molecule has 2 aromatic carbocycles. The van der Waals surface area contributed by atoms with Gasteiger partial charge in [0.15, 0.2) is 5.78 Å². The summed E-state index contributed by atoms with van der Waals surface area (Å²) in [5, 5.41) is 3.03. The molecule has 0 saturated heterocycles. The number of hydrogen-bond acceptors (Lipinski definition) is 3. The Hall–Kier alpha value is -1.74. The van der Waals surface area contributed by atoms with E-state index in [-0.39, 0.29) is 5.78 Å². The van der Waals surface area contributed by atoms with Crippen molar-refractivity contribution < 1.29 is 4.79 Å². The zero-order valence-corrected chi connectivity index (χ0v) is 11.3. The molecule has 0 aliphatic heterocycles. The van der Waals surface area contributed by atoms with Crippen LogP contribution in [0.25, 0.3) is 0 Å². The van der Waals surface area contributed by atoms with E-state index in [2.05, 4.69) is 5.32 Å². The van der Waals surface area contributed by atoms with Crippen molar-refractivity contribution in [2.24, 2.45) is 0 Å². The number of thioether (sulfide) groups is 1. The van der Waals surface area contributed by atoms with Gasteiger partial charge in [0, 0.05) is 28.8 Å². The van der Waals surface area contributed by atoms with Gasteiger partial charge in [0.2, 0.25) is 0 Å². The molecule has 2 rings (SSSR count). The summed E-state index contributed by atoms with van der Waals surface area (Å²) in [6.45, 7) is 0. The molecule has 18 heavy (non-hydrogen) atoms. The average molecular weight is 257 g/mol. The first kappa shape index (κ1) is 12.7. The molecule has 0 saturated carbocycles. The van der Waals surface area contributed by atoms with Crippen LogP contribution in [0.1, 0.15) is 15.9 Å². The third-order valence-corrected chi connectivity index (χ3v) is 3.53. The quantitative estimate of drug-likeness (QED) is 0.669. The van der Waals surface area contributed by atoms with Crippen molar-refractivity contribution in [3.8, 4) is 0 Å². The number of benzene rings is 2. The molecule has 92 valence electrons. The lowest BCUT2D eigenvalue weighted by Crippen LogP contribution is -2.01. The van der Waals surface area contributed by atoms with Gasteiger partial charge >= 0.3 is 0 Å². The monoisotopic (exact) mass is 257 g/mol. The van der Waals surface area contributed by atoms with Crippen LogP contribution in [0.3, 0.4) is 0 Å². The van der Waals surface area contributed by atoms with Gasteiger partial charge in [-0.15, -0.1) is 11.8 Å². The third kappa shape index (κ3) is 2.74. The largest absolute Gasteiger partial charge is 0.388 e. The Balaban J connectivity index is 2.23. The van der Waals surface area contributed by atoms with Gasteiger partial charge in [-0.1, -0.05) is 0 Å². The summed E-state index contributed by atoms with van der Waals surface area (Å²) in [6.07, 6.45) is 2.02. The van der Waals surface area contributed by atoms with E-state index in [1.54, 1.807) is 11.8 Å². The van der Waals surface area contributed by atoms with Crippen LogP contribution in [0.15, 0.2) is 53.4 Å². The Bertz CT molecular complexity index is 482. The van der Waals surface area contributed by atoms with Crippen molar-refractivity contribution in [3.05, 3.63) is 59.7 Å². The Kier molecular flexibility index (Phi) is 4.05. The zero-order chi connectivity index (χ0) is 13.0. The second-order valence-electron chi connectivity index (χ2n) is 3.88. The van der Waals surface area contributed by atoms with Gasteiger partial charge in [-0.25, -0.2) is 0 Å². The van der Waals surface area contributed by atoms with Gasteiger partial charge in [-0.3, -0.25) is 4.79 Å². The first-order valence-corrected chi connectivity index (χ1v) is 6.93. The molecule has 0 radical (unpaired) electrons. The van der Waals surface area contributed by atoms with Crippen molar-refractivity contribution in [1.29, 1.82) is 0 Å². The smallest absolute Gasteiger partial charge is 0.193 e. The van der Waals surface area contributed by atoms with Crippen molar-refractivity contribution in [2.75, 3.05) is 18.6 Å². The summed E-state index contributed by atoms with van der Waals surface area (Å²) in [7, 11) is 1.86. The molecule has 0 bridgehead atoms. The Morgan fingerprint density at radius 1 is 0.944 bits per heavy atom. The van der Waals surface area contributed by atoms with Crippen LogP contribution in [0.4, 0.5) is 5.69 Å². The lowest BCUT2D eigenvalue weighted by molar-refractivity contribution is 0.103. The molecule has 0 atom stereocenters. The maximum absolute atomic E-state index is 12.2. The highest BCUT2D eigenvalue weighted by atomic mass is 32.2. The van der Waals surface area contributed by atoms with E-state index in [1.165, 1.54) is 0 Å². The minimum Gasteiger partial charge on any atom is -0.388 e. The lowest BCUT2D eigenvalue weighted by Gasteiger charge is -2.04. The van der Waals surface area contributed by atoms with Crippen LogP contribution in [-0.4, -0.2) is 19.1 Å². The van der Waals surface area contributed by atoms with Crippen LogP contribution < -0.4 is 5.32 Å². The van der Waals surface area contributed by atoms with Gasteiger partial charge < -0.3 is 5.32 Å². The van der Waals surface area contributed by atoms with Crippen LogP contribution >= 0.6 is 11.8 Å². The molecule has 0 aliphatic carbocycles. The summed E-state index contributed by atoms with van der Waals surface area (Å²) < 4.78 is 0. The molecule has 0 heterocycles. The molecule has 1 N–H and O–H groups in total. The zero-order valence-electron chi connectivity index (χ0n) is 10.4. The normalized spacial score (nSPS) is 10.1. The fraction of sp³-hybridized carbons (Fsp3) is 0.133. The highest BCUT2D eigenvalue weighted by Gasteiger charge is 2.08.